The molecule has 1 saturated heterocycles. The third-order valence-electron chi connectivity index (χ3n) is 7.13. The molecule has 2 amide bonds. The van der Waals surface area contributed by atoms with Gasteiger partial charge in [-0.25, -0.2) is 4.98 Å². The monoisotopic (exact) mass is 460 g/mol. The molecule has 0 unspecified atom stereocenters. The molecular weight excluding hydrogens is 428 g/mol. The van der Waals surface area contributed by atoms with E-state index in [1.54, 1.807) is 23.0 Å². The van der Waals surface area contributed by atoms with Crippen LogP contribution in [0.5, 0.6) is 0 Å². The molecule has 2 aliphatic rings. The van der Waals surface area contributed by atoms with Gasteiger partial charge >= 0.3 is 0 Å². The summed E-state index contributed by atoms with van der Waals surface area (Å²) in [5.41, 5.74) is 6.31. The van der Waals surface area contributed by atoms with Crippen LogP contribution < -0.4 is 11.1 Å². The van der Waals surface area contributed by atoms with Crippen LogP contribution in [0.4, 0.5) is 0 Å². The number of piperazine rings is 1. The Bertz CT molecular complexity index is 976. The molecule has 32 heavy (non-hydrogen) atoms. The second-order valence-corrected chi connectivity index (χ2v) is 9.42. The van der Waals surface area contributed by atoms with Crippen molar-refractivity contribution < 1.29 is 9.59 Å². The van der Waals surface area contributed by atoms with Crippen molar-refractivity contribution in [2.45, 2.75) is 51.1 Å². The SMILES string of the molecule is CCN1CCN(C2(CNC(=O)c3cn(CC(N)=O)c4nccc(Cl)c34)CCCCC2)CC1. The first-order valence-corrected chi connectivity index (χ1v) is 12.0. The average molecular weight is 461 g/mol. The maximum atomic E-state index is 13.3. The van der Waals surface area contributed by atoms with Crippen LogP contribution in [-0.2, 0) is 11.3 Å². The van der Waals surface area contributed by atoms with E-state index in [1.807, 2.05) is 0 Å². The zero-order chi connectivity index (χ0) is 22.7. The number of hydrogen-bond donors (Lipinski definition) is 2. The van der Waals surface area contributed by atoms with Gasteiger partial charge in [0.15, 0.2) is 0 Å². The number of aromatic nitrogens is 2. The first-order chi connectivity index (χ1) is 15.4. The van der Waals surface area contributed by atoms with Gasteiger partial charge in [0.05, 0.1) is 16.0 Å². The highest BCUT2D eigenvalue weighted by Gasteiger charge is 2.39. The number of halogens is 1. The molecule has 3 heterocycles. The maximum absolute atomic E-state index is 13.3. The highest BCUT2D eigenvalue weighted by Crippen LogP contribution is 2.34. The molecule has 1 saturated carbocycles. The zero-order valence-corrected chi connectivity index (χ0v) is 19.5. The number of nitrogens with one attached hydrogen (secondary N) is 1. The van der Waals surface area contributed by atoms with Gasteiger partial charge in [-0.2, -0.15) is 0 Å². The Morgan fingerprint density at radius 2 is 1.91 bits per heavy atom. The van der Waals surface area contributed by atoms with E-state index in [0.717, 1.165) is 45.6 Å². The normalized spacial score (nSPS) is 19.8. The van der Waals surface area contributed by atoms with Crippen LogP contribution in [0.15, 0.2) is 18.5 Å². The summed E-state index contributed by atoms with van der Waals surface area (Å²) >= 11 is 6.42. The number of hydrogen-bond acceptors (Lipinski definition) is 5. The Kier molecular flexibility index (Phi) is 7.02. The summed E-state index contributed by atoms with van der Waals surface area (Å²) in [6.07, 6.45) is 9.05. The summed E-state index contributed by atoms with van der Waals surface area (Å²) in [6.45, 7) is 8.08. The lowest BCUT2D eigenvalue weighted by atomic mass is 9.79. The molecule has 2 aromatic heterocycles. The topological polar surface area (TPSA) is 96.5 Å². The fraction of sp³-hybridized carbons (Fsp3) is 0.609. The molecule has 1 aliphatic carbocycles. The highest BCUT2D eigenvalue weighted by molar-refractivity contribution is 6.36. The Morgan fingerprint density at radius 3 is 2.56 bits per heavy atom. The number of fused-ring (bicyclic) bond motifs is 1. The predicted molar refractivity (Wildman–Crippen MR) is 126 cm³/mol. The van der Waals surface area contributed by atoms with E-state index >= 15 is 0 Å². The quantitative estimate of drug-likeness (QED) is 0.660. The molecule has 174 valence electrons. The molecule has 9 heteroatoms. The van der Waals surface area contributed by atoms with E-state index in [-0.39, 0.29) is 18.0 Å². The minimum atomic E-state index is -0.497. The molecule has 0 aromatic carbocycles. The first-order valence-electron chi connectivity index (χ1n) is 11.6. The van der Waals surface area contributed by atoms with E-state index in [0.29, 0.717) is 28.2 Å². The Hall–Kier alpha value is -2.16. The fourth-order valence-corrected chi connectivity index (χ4v) is 5.57. The third kappa shape index (κ3) is 4.63. The largest absolute Gasteiger partial charge is 0.368 e. The summed E-state index contributed by atoms with van der Waals surface area (Å²) < 4.78 is 1.60. The van der Waals surface area contributed by atoms with Crippen LogP contribution in [0.1, 0.15) is 49.4 Å². The number of amides is 2. The van der Waals surface area contributed by atoms with Crippen molar-refractivity contribution in [3.8, 4) is 0 Å². The molecule has 2 aromatic rings. The minimum Gasteiger partial charge on any atom is -0.368 e. The van der Waals surface area contributed by atoms with Gasteiger partial charge in [-0.3, -0.25) is 14.5 Å². The van der Waals surface area contributed by atoms with Gasteiger partial charge in [0.1, 0.15) is 12.2 Å². The molecule has 4 rings (SSSR count). The summed E-state index contributed by atoms with van der Waals surface area (Å²) in [5.74, 6) is -0.687. The summed E-state index contributed by atoms with van der Waals surface area (Å²) in [6, 6.07) is 1.66. The lowest BCUT2D eigenvalue weighted by Crippen LogP contribution is -2.61. The number of nitrogens with zero attached hydrogens (tertiary/aromatic N) is 4. The van der Waals surface area contributed by atoms with Gasteiger partial charge in [0, 0.05) is 50.7 Å². The van der Waals surface area contributed by atoms with Crippen LogP contribution in [0.3, 0.4) is 0 Å². The molecule has 3 N–H and O–H groups in total. The number of primary amides is 1. The highest BCUT2D eigenvalue weighted by atomic mass is 35.5. The van der Waals surface area contributed by atoms with Crippen LogP contribution in [0.2, 0.25) is 5.02 Å². The number of likely N-dealkylation sites (N-methyl/N-ethyl adjacent to an activating group) is 1. The fourth-order valence-electron chi connectivity index (χ4n) is 5.33. The van der Waals surface area contributed by atoms with Crippen LogP contribution in [0.25, 0.3) is 11.0 Å². The van der Waals surface area contributed by atoms with Gasteiger partial charge in [-0.15, -0.1) is 0 Å². The van der Waals surface area contributed by atoms with Crippen LogP contribution in [0, 0.1) is 0 Å². The maximum Gasteiger partial charge on any atom is 0.253 e. The predicted octanol–water partition coefficient (Wildman–Crippen LogP) is 2.25. The summed E-state index contributed by atoms with van der Waals surface area (Å²) in [7, 11) is 0. The number of pyridine rings is 1. The van der Waals surface area contributed by atoms with Crippen molar-refractivity contribution in [1.82, 2.24) is 24.7 Å². The molecule has 0 atom stereocenters. The number of nitrogens with two attached hydrogens (primary N) is 1. The Balaban J connectivity index is 1.55. The number of rotatable bonds is 7. The average Bonchev–Trinajstić information content (AvgIpc) is 3.17. The van der Waals surface area contributed by atoms with Gasteiger partial charge < -0.3 is 20.5 Å². The molecule has 8 nitrogen and oxygen atoms in total. The second kappa shape index (κ2) is 9.77. The summed E-state index contributed by atoms with van der Waals surface area (Å²) in [5, 5.41) is 4.20. The lowest BCUT2D eigenvalue weighted by Gasteiger charge is -2.50. The van der Waals surface area contributed by atoms with E-state index < -0.39 is 5.91 Å². The zero-order valence-electron chi connectivity index (χ0n) is 18.8. The van der Waals surface area contributed by atoms with E-state index in [1.165, 1.54) is 19.3 Å². The van der Waals surface area contributed by atoms with Gasteiger partial charge in [0.25, 0.3) is 5.91 Å². The standard InChI is InChI=1S/C23H33ClN6O2/c1-2-28-10-12-30(13-11-28)23(7-4-3-5-8-23)16-27-22(32)17-14-29(15-19(25)31)21-20(17)18(24)6-9-26-21/h6,9,14H,2-5,7-8,10-13,15-16H2,1H3,(H2,25,31)(H,27,32). The smallest absolute Gasteiger partial charge is 0.253 e. The van der Waals surface area contributed by atoms with E-state index in [2.05, 4.69) is 27.0 Å². The van der Waals surface area contributed by atoms with Crippen molar-refractivity contribution in [3.63, 3.8) is 0 Å². The van der Waals surface area contributed by atoms with E-state index in [9.17, 15) is 9.59 Å². The lowest BCUT2D eigenvalue weighted by molar-refractivity contribution is -0.118. The van der Waals surface area contributed by atoms with Crippen LogP contribution in [-0.4, -0.2) is 76.0 Å². The second-order valence-electron chi connectivity index (χ2n) is 9.02. The van der Waals surface area contributed by atoms with Gasteiger partial charge in [-0.1, -0.05) is 37.8 Å². The minimum absolute atomic E-state index is 0.00137. The van der Waals surface area contributed by atoms with Crippen LogP contribution >= 0.6 is 11.6 Å². The van der Waals surface area contributed by atoms with E-state index in [4.69, 9.17) is 17.3 Å². The van der Waals surface area contributed by atoms with Crippen molar-refractivity contribution in [2.24, 2.45) is 5.73 Å². The molecule has 1 aliphatic heterocycles. The Morgan fingerprint density at radius 1 is 1.19 bits per heavy atom. The van der Waals surface area contributed by atoms with Crippen molar-refractivity contribution in [1.29, 1.82) is 0 Å². The Labute approximate surface area is 194 Å². The van der Waals surface area contributed by atoms with Crippen molar-refractivity contribution >= 4 is 34.4 Å². The molecular formula is C23H33ClN6O2. The number of carbonyl (C=O) groups excluding carboxylic acids is 2. The summed E-state index contributed by atoms with van der Waals surface area (Å²) in [4.78, 5) is 34.2. The first kappa shape index (κ1) is 23.0. The van der Waals surface area contributed by atoms with Crippen molar-refractivity contribution in [3.05, 3.63) is 29.0 Å². The number of carbonyl (C=O) groups is 2. The van der Waals surface area contributed by atoms with Crippen molar-refractivity contribution in [2.75, 3.05) is 39.3 Å². The third-order valence-corrected chi connectivity index (χ3v) is 7.44. The molecule has 0 radical (unpaired) electrons. The molecule has 0 bridgehead atoms. The molecule has 0 spiro atoms. The van der Waals surface area contributed by atoms with Gasteiger partial charge in [0.2, 0.25) is 5.91 Å². The van der Waals surface area contributed by atoms with Gasteiger partial charge in [-0.05, 0) is 25.5 Å². The molecule has 2 fully saturated rings.